The summed E-state index contributed by atoms with van der Waals surface area (Å²) in [6.45, 7) is 2.81. The molecule has 0 fully saturated rings. The Hall–Kier alpha value is -0.840. The van der Waals surface area contributed by atoms with Crippen molar-refractivity contribution in [1.29, 1.82) is 0 Å². The van der Waals surface area contributed by atoms with Crippen LogP contribution in [0.4, 0.5) is 0 Å². The molecule has 4 nitrogen and oxygen atoms in total. The van der Waals surface area contributed by atoms with E-state index in [0.29, 0.717) is 6.61 Å². The van der Waals surface area contributed by atoms with E-state index in [1.165, 1.54) is 0 Å². The molecular weight excluding hydrogens is 194 g/mol. The Labute approximate surface area is 90.6 Å². The van der Waals surface area contributed by atoms with Crippen molar-refractivity contribution in [3.05, 3.63) is 23.7 Å². The molecule has 0 unspecified atom stereocenters. The molecule has 0 atom stereocenters. The summed E-state index contributed by atoms with van der Waals surface area (Å²) >= 11 is 0. The molecule has 15 heavy (non-hydrogen) atoms. The summed E-state index contributed by atoms with van der Waals surface area (Å²) in [4.78, 5) is 0. The van der Waals surface area contributed by atoms with E-state index < -0.39 is 0 Å². The molecule has 0 bridgehead atoms. The molecule has 0 aliphatic heterocycles. The van der Waals surface area contributed by atoms with Crippen LogP contribution in [0.15, 0.2) is 16.7 Å². The van der Waals surface area contributed by atoms with Crippen LogP contribution in [0.1, 0.15) is 17.7 Å². The number of ether oxygens (including phenoxy) is 2. The van der Waals surface area contributed by atoms with Gasteiger partial charge in [0.25, 0.3) is 0 Å². The van der Waals surface area contributed by atoms with E-state index in [-0.39, 0.29) is 0 Å². The molecule has 0 aliphatic rings. The van der Waals surface area contributed by atoms with Crippen LogP contribution >= 0.6 is 0 Å². The Morgan fingerprint density at radius 3 is 3.00 bits per heavy atom. The third-order valence-corrected chi connectivity index (χ3v) is 2.07. The van der Waals surface area contributed by atoms with Gasteiger partial charge < -0.3 is 19.2 Å². The first-order valence-electron chi connectivity index (χ1n) is 5.15. The van der Waals surface area contributed by atoms with Crippen molar-refractivity contribution in [2.24, 2.45) is 0 Å². The molecule has 0 saturated carbocycles. The first-order chi connectivity index (χ1) is 7.38. The fraction of sp³-hybridized carbons (Fsp3) is 0.636. The topological polar surface area (TPSA) is 43.6 Å². The highest BCUT2D eigenvalue weighted by Gasteiger charge is 2.04. The number of hydrogen-bond acceptors (Lipinski definition) is 4. The average Bonchev–Trinajstić information content (AvgIpc) is 2.66. The Kier molecular flexibility index (Phi) is 6.08. The molecule has 0 spiro atoms. The largest absolute Gasteiger partial charge is 0.468 e. The summed E-state index contributed by atoms with van der Waals surface area (Å²) in [6.07, 6.45) is 2.62. The van der Waals surface area contributed by atoms with Gasteiger partial charge in [0.2, 0.25) is 0 Å². The minimum absolute atomic E-state index is 0.608. The highest BCUT2D eigenvalue weighted by molar-refractivity contribution is 5.15. The van der Waals surface area contributed by atoms with Gasteiger partial charge in [-0.3, -0.25) is 0 Å². The zero-order valence-corrected chi connectivity index (χ0v) is 9.41. The van der Waals surface area contributed by atoms with Gasteiger partial charge in [0.15, 0.2) is 0 Å². The fourth-order valence-corrected chi connectivity index (χ4v) is 1.30. The lowest BCUT2D eigenvalue weighted by Crippen LogP contribution is -2.07. The van der Waals surface area contributed by atoms with Gasteiger partial charge in [-0.25, -0.2) is 0 Å². The van der Waals surface area contributed by atoms with Crippen molar-refractivity contribution in [3.8, 4) is 0 Å². The normalized spacial score (nSPS) is 10.8. The molecule has 1 aromatic heterocycles. The molecule has 4 heteroatoms. The number of nitrogens with one attached hydrogen (secondary N) is 1. The molecule has 1 heterocycles. The van der Waals surface area contributed by atoms with Crippen molar-refractivity contribution in [3.63, 3.8) is 0 Å². The standard InChI is InChI=1S/C11H19NO3/c1-12-8-11-10(4-7-15-11)9-14-6-3-5-13-2/h4,7,12H,3,5-6,8-9H2,1-2H3. The van der Waals surface area contributed by atoms with E-state index >= 15 is 0 Å². The predicted octanol–water partition coefficient (Wildman–Crippen LogP) is 1.55. The quantitative estimate of drug-likeness (QED) is 0.665. The summed E-state index contributed by atoms with van der Waals surface area (Å²) in [5.41, 5.74) is 1.11. The Morgan fingerprint density at radius 2 is 2.27 bits per heavy atom. The van der Waals surface area contributed by atoms with Gasteiger partial charge in [0.05, 0.1) is 19.4 Å². The van der Waals surface area contributed by atoms with Crippen LogP contribution in [0.3, 0.4) is 0 Å². The lowest BCUT2D eigenvalue weighted by Gasteiger charge is -2.04. The van der Waals surface area contributed by atoms with Crippen LogP contribution in [0.25, 0.3) is 0 Å². The van der Waals surface area contributed by atoms with Gasteiger partial charge in [-0.1, -0.05) is 0 Å². The van der Waals surface area contributed by atoms with Crippen molar-refractivity contribution >= 4 is 0 Å². The van der Waals surface area contributed by atoms with Gasteiger partial charge >= 0.3 is 0 Å². The van der Waals surface area contributed by atoms with Gasteiger partial charge in [-0.2, -0.15) is 0 Å². The highest BCUT2D eigenvalue weighted by atomic mass is 16.5. The zero-order valence-electron chi connectivity index (χ0n) is 9.41. The van der Waals surface area contributed by atoms with E-state index in [1.807, 2.05) is 13.1 Å². The van der Waals surface area contributed by atoms with E-state index in [2.05, 4.69) is 5.32 Å². The predicted molar refractivity (Wildman–Crippen MR) is 57.6 cm³/mol. The summed E-state index contributed by atoms with van der Waals surface area (Å²) in [7, 11) is 3.59. The second kappa shape index (κ2) is 7.45. The number of furan rings is 1. The first kappa shape index (κ1) is 12.2. The van der Waals surface area contributed by atoms with Crippen LogP contribution in [0, 0.1) is 0 Å². The first-order valence-corrected chi connectivity index (χ1v) is 5.15. The van der Waals surface area contributed by atoms with Gasteiger partial charge in [0.1, 0.15) is 5.76 Å². The minimum Gasteiger partial charge on any atom is -0.468 e. The molecular formula is C11H19NO3. The summed E-state index contributed by atoms with van der Waals surface area (Å²) < 4.78 is 15.7. The molecule has 1 N–H and O–H groups in total. The number of hydrogen-bond donors (Lipinski definition) is 1. The maximum atomic E-state index is 5.50. The molecule has 1 aromatic rings. The summed E-state index contributed by atoms with van der Waals surface area (Å²) in [6, 6.07) is 1.95. The monoisotopic (exact) mass is 213 g/mol. The smallest absolute Gasteiger partial charge is 0.123 e. The van der Waals surface area contributed by atoms with Crippen molar-refractivity contribution < 1.29 is 13.9 Å². The van der Waals surface area contributed by atoms with Gasteiger partial charge in [-0.15, -0.1) is 0 Å². The van der Waals surface area contributed by atoms with E-state index in [9.17, 15) is 0 Å². The van der Waals surface area contributed by atoms with Gasteiger partial charge in [-0.05, 0) is 19.5 Å². The third-order valence-electron chi connectivity index (χ3n) is 2.07. The number of rotatable bonds is 8. The van der Waals surface area contributed by atoms with Crippen LogP contribution in [0.2, 0.25) is 0 Å². The van der Waals surface area contributed by atoms with E-state index in [0.717, 1.165) is 37.5 Å². The van der Waals surface area contributed by atoms with Crippen LogP contribution in [-0.2, 0) is 22.6 Å². The lowest BCUT2D eigenvalue weighted by atomic mass is 10.2. The molecule has 0 aliphatic carbocycles. The lowest BCUT2D eigenvalue weighted by molar-refractivity contribution is 0.0920. The van der Waals surface area contributed by atoms with Crippen molar-refractivity contribution in [2.75, 3.05) is 27.4 Å². The number of methoxy groups -OCH3 is 1. The Bertz CT molecular complexity index is 260. The molecule has 0 aromatic carbocycles. The fourth-order valence-electron chi connectivity index (χ4n) is 1.30. The molecule has 0 amide bonds. The zero-order chi connectivity index (χ0) is 10.9. The van der Waals surface area contributed by atoms with Crippen LogP contribution < -0.4 is 5.32 Å². The van der Waals surface area contributed by atoms with E-state index in [1.54, 1.807) is 13.4 Å². The van der Waals surface area contributed by atoms with Crippen LogP contribution in [-0.4, -0.2) is 27.4 Å². The molecule has 0 radical (unpaired) electrons. The van der Waals surface area contributed by atoms with E-state index in [4.69, 9.17) is 13.9 Å². The maximum absolute atomic E-state index is 5.50. The Balaban J connectivity index is 2.21. The minimum atomic E-state index is 0.608. The van der Waals surface area contributed by atoms with Gasteiger partial charge in [0, 0.05) is 25.9 Å². The third kappa shape index (κ3) is 4.46. The maximum Gasteiger partial charge on any atom is 0.123 e. The summed E-state index contributed by atoms with van der Waals surface area (Å²) in [5.74, 6) is 0.948. The van der Waals surface area contributed by atoms with Crippen molar-refractivity contribution in [1.82, 2.24) is 5.32 Å². The molecule has 0 saturated heterocycles. The second-order valence-electron chi connectivity index (χ2n) is 3.30. The Morgan fingerprint density at radius 1 is 1.40 bits per heavy atom. The highest BCUT2D eigenvalue weighted by Crippen LogP contribution is 2.11. The summed E-state index contributed by atoms with van der Waals surface area (Å²) in [5, 5.41) is 3.05. The molecule has 86 valence electrons. The molecule has 1 rings (SSSR count). The van der Waals surface area contributed by atoms with Crippen LogP contribution in [0.5, 0.6) is 0 Å². The van der Waals surface area contributed by atoms with Crippen molar-refractivity contribution in [2.45, 2.75) is 19.6 Å². The average molecular weight is 213 g/mol. The second-order valence-corrected chi connectivity index (χ2v) is 3.30. The SMILES string of the molecule is CNCc1occc1COCCCOC.